The Morgan fingerprint density at radius 1 is 1.32 bits per heavy atom. The molecule has 2 aliphatic heterocycles. The zero-order chi connectivity index (χ0) is 17.6. The van der Waals surface area contributed by atoms with Crippen molar-refractivity contribution in [2.75, 3.05) is 7.11 Å². The number of allylic oxidation sites excluding steroid dienone is 4. The topological polar surface area (TPSA) is 12.5 Å². The molecule has 130 valence electrons. The van der Waals surface area contributed by atoms with Crippen molar-refractivity contribution in [1.29, 1.82) is 0 Å². The third-order valence-electron chi connectivity index (χ3n) is 5.90. The zero-order valence-electron chi connectivity index (χ0n) is 15.3. The number of hydrogen-bond donors (Lipinski definition) is 0. The van der Waals surface area contributed by atoms with E-state index in [-0.39, 0.29) is 0 Å². The largest absolute Gasteiger partial charge is 0.380 e. The second kappa shape index (κ2) is 6.34. The number of fused-ring (bicyclic) bond motifs is 3. The average Bonchev–Trinajstić information content (AvgIpc) is 2.52. The fraction of sp³-hybridized carbons (Fsp3) is 0.391. The van der Waals surface area contributed by atoms with E-state index in [1.807, 2.05) is 0 Å². The molecule has 1 aromatic rings. The van der Waals surface area contributed by atoms with E-state index in [1.54, 1.807) is 7.11 Å². The third-order valence-corrected chi connectivity index (χ3v) is 5.90. The molecule has 0 radical (unpaired) electrons. The normalized spacial score (nSPS) is 22.6. The lowest BCUT2D eigenvalue weighted by Gasteiger charge is -2.47. The van der Waals surface area contributed by atoms with Gasteiger partial charge in [0, 0.05) is 30.6 Å². The first-order chi connectivity index (χ1) is 12.1. The molecule has 1 atom stereocenters. The molecule has 2 nitrogen and oxygen atoms in total. The van der Waals surface area contributed by atoms with Gasteiger partial charge < -0.3 is 9.64 Å². The number of methoxy groups -OCH3 is 1. The van der Waals surface area contributed by atoms with Gasteiger partial charge in [-0.25, -0.2) is 0 Å². The fourth-order valence-electron chi connectivity index (χ4n) is 4.35. The Morgan fingerprint density at radius 2 is 2.12 bits per heavy atom. The monoisotopic (exact) mass is 333 g/mol. The summed E-state index contributed by atoms with van der Waals surface area (Å²) in [6.07, 6.45) is 9.73. The van der Waals surface area contributed by atoms with Crippen LogP contribution in [0.2, 0.25) is 0 Å². The van der Waals surface area contributed by atoms with Gasteiger partial charge >= 0.3 is 0 Å². The molecule has 0 amide bonds. The van der Waals surface area contributed by atoms with Crippen molar-refractivity contribution >= 4 is 5.70 Å². The Balaban J connectivity index is 1.79. The molecule has 25 heavy (non-hydrogen) atoms. The van der Waals surface area contributed by atoms with Crippen LogP contribution in [-0.4, -0.2) is 18.1 Å². The number of nitrogens with zero attached hydrogens (tertiary/aromatic N) is 1. The van der Waals surface area contributed by atoms with Crippen LogP contribution >= 0.6 is 0 Å². The van der Waals surface area contributed by atoms with Gasteiger partial charge in [-0.3, -0.25) is 0 Å². The lowest BCUT2D eigenvalue weighted by atomic mass is 9.73. The summed E-state index contributed by atoms with van der Waals surface area (Å²) >= 11 is 0. The van der Waals surface area contributed by atoms with Crippen LogP contribution in [0.3, 0.4) is 0 Å². The average molecular weight is 333 g/mol. The second-order valence-electron chi connectivity index (χ2n) is 7.67. The van der Waals surface area contributed by atoms with Crippen LogP contribution in [0, 0.1) is 5.92 Å². The highest BCUT2D eigenvalue weighted by Gasteiger charge is 2.38. The number of benzene rings is 1. The third kappa shape index (κ3) is 2.79. The number of ether oxygens (including phenoxy) is 1. The number of hydrogen-bond acceptors (Lipinski definition) is 2. The maximum atomic E-state index is 5.33. The Kier molecular flexibility index (Phi) is 4.16. The lowest BCUT2D eigenvalue weighted by Crippen LogP contribution is -2.44. The van der Waals surface area contributed by atoms with E-state index >= 15 is 0 Å². The number of rotatable bonds is 4. The smallest absolute Gasteiger partial charge is 0.0713 e. The van der Waals surface area contributed by atoms with Gasteiger partial charge in [-0.05, 0) is 66.0 Å². The van der Waals surface area contributed by atoms with E-state index in [1.165, 1.54) is 47.2 Å². The van der Waals surface area contributed by atoms with E-state index < -0.39 is 0 Å². The van der Waals surface area contributed by atoms with E-state index in [9.17, 15) is 0 Å². The molecular weight excluding hydrogens is 306 g/mol. The molecule has 0 bridgehead atoms. The predicted molar refractivity (Wildman–Crippen MR) is 104 cm³/mol. The molecule has 0 N–H and O–H groups in total. The molecule has 1 aliphatic carbocycles. The van der Waals surface area contributed by atoms with Crippen molar-refractivity contribution in [2.24, 2.45) is 5.92 Å². The van der Waals surface area contributed by atoms with E-state index in [0.717, 1.165) is 23.5 Å². The molecule has 2 heterocycles. The van der Waals surface area contributed by atoms with Crippen molar-refractivity contribution in [1.82, 2.24) is 4.90 Å². The fourth-order valence-corrected chi connectivity index (χ4v) is 4.35. The highest BCUT2D eigenvalue weighted by Crippen LogP contribution is 2.44. The molecule has 1 unspecified atom stereocenters. The second-order valence-corrected chi connectivity index (χ2v) is 7.67. The van der Waals surface area contributed by atoms with Crippen LogP contribution in [0.15, 0.2) is 60.4 Å². The summed E-state index contributed by atoms with van der Waals surface area (Å²) in [7, 11) is 1.76. The van der Waals surface area contributed by atoms with Crippen molar-refractivity contribution in [3.05, 3.63) is 77.0 Å². The van der Waals surface area contributed by atoms with Gasteiger partial charge in [-0.2, -0.15) is 0 Å². The molecule has 0 saturated heterocycles. The summed E-state index contributed by atoms with van der Waals surface area (Å²) in [5, 5.41) is 0. The summed E-state index contributed by atoms with van der Waals surface area (Å²) < 4.78 is 5.33. The van der Waals surface area contributed by atoms with Gasteiger partial charge in [0.25, 0.3) is 0 Å². The molecule has 0 aromatic heterocycles. The highest BCUT2D eigenvalue weighted by molar-refractivity contribution is 5.77. The first-order valence-corrected chi connectivity index (χ1v) is 9.26. The first-order valence-electron chi connectivity index (χ1n) is 9.26. The Hall–Kier alpha value is -2.06. The van der Waals surface area contributed by atoms with Crippen molar-refractivity contribution < 1.29 is 4.74 Å². The van der Waals surface area contributed by atoms with Crippen LogP contribution in [-0.2, 0) is 17.8 Å². The van der Waals surface area contributed by atoms with Crippen molar-refractivity contribution in [3.63, 3.8) is 0 Å². The Bertz CT molecular complexity index is 794. The Morgan fingerprint density at radius 3 is 2.76 bits per heavy atom. The van der Waals surface area contributed by atoms with Crippen LogP contribution in [0.25, 0.3) is 5.70 Å². The van der Waals surface area contributed by atoms with Gasteiger partial charge in [0.1, 0.15) is 0 Å². The Labute approximate surface area is 151 Å². The van der Waals surface area contributed by atoms with E-state index in [0.29, 0.717) is 12.6 Å². The van der Waals surface area contributed by atoms with Gasteiger partial charge in [-0.1, -0.05) is 37.8 Å². The van der Waals surface area contributed by atoms with E-state index in [4.69, 9.17) is 4.74 Å². The van der Waals surface area contributed by atoms with E-state index in [2.05, 4.69) is 55.5 Å². The van der Waals surface area contributed by atoms with Gasteiger partial charge in [0.05, 0.1) is 6.61 Å². The van der Waals surface area contributed by atoms with Crippen LogP contribution in [0.5, 0.6) is 0 Å². The first kappa shape index (κ1) is 16.4. The maximum absolute atomic E-state index is 5.33. The summed E-state index contributed by atoms with van der Waals surface area (Å²) in [6.45, 7) is 11.2. The zero-order valence-corrected chi connectivity index (χ0v) is 15.3. The molecule has 1 fully saturated rings. The summed E-state index contributed by atoms with van der Waals surface area (Å²) in [4.78, 5) is 2.51. The lowest BCUT2D eigenvalue weighted by molar-refractivity contribution is 0.170. The SMILES string of the molecule is C=C(C)C1=CN2C(=CC1=C)c1ccc(COC)cc1CC2C1CCC1. The summed E-state index contributed by atoms with van der Waals surface area (Å²) in [6, 6.07) is 7.33. The molecule has 3 aliphatic rings. The molecule has 4 rings (SSSR count). The van der Waals surface area contributed by atoms with Crippen molar-refractivity contribution in [2.45, 2.75) is 45.3 Å². The standard InChI is InChI=1S/C23H27NO/c1-15(2)21-13-24-22(18-6-5-7-18)12-19-11-17(14-25-4)8-9-20(19)23(24)10-16(21)3/h8-11,13,18,22H,1,3,5-7,12,14H2,2,4H3. The van der Waals surface area contributed by atoms with Gasteiger partial charge in [0.2, 0.25) is 0 Å². The minimum atomic E-state index is 0.549. The molecule has 1 saturated carbocycles. The quantitative estimate of drug-likeness (QED) is 0.748. The predicted octanol–water partition coefficient (Wildman–Crippen LogP) is 5.23. The van der Waals surface area contributed by atoms with Crippen LogP contribution < -0.4 is 0 Å². The minimum Gasteiger partial charge on any atom is -0.380 e. The van der Waals surface area contributed by atoms with Crippen LogP contribution in [0.1, 0.15) is 42.9 Å². The maximum Gasteiger partial charge on any atom is 0.0713 e. The van der Waals surface area contributed by atoms with Gasteiger partial charge in [0.15, 0.2) is 0 Å². The van der Waals surface area contributed by atoms with Crippen molar-refractivity contribution in [3.8, 4) is 0 Å². The van der Waals surface area contributed by atoms with Gasteiger partial charge in [-0.15, -0.1) is 0 Å². The molecule has 2 heteroatoms. The highest BCUT2D eigenvalue weighted by atomic mass is 16.5. The summed E-state index contributed by atoms with van der Waals surface area (Å²) in [5.41, 5.74) is 8.71. The van der Waals surface area contributed by atoms with Crippen LogP contribution in [0.4, 0.5) is 0 Å². The molecule has 0 spiro atoms. The summed E-state index contributed by atoms with van der Waals surface area (Å²) in [5.74, 6) is 0.789. The minimum absolute atomic E-state index is 0.549. The molecular formula is C23H27NO. The molecule has 1 aromatic carbocycles.